The fourth-order valence-electron chi connectivity index (χ4n) is 3.38. The lowest BCUT2D eigenvalue weighted by Gasteiger charge is -2.29. The summed E-state index contributed by atoms with van der Waals surface area (Å²) in [5.74, 6) is 1.72. The Morgan fingerprint density at radius 3 is 2.65 bits per heavy atom. The minimum Gasteiger partial charge on any atom is -0.368 e. The van der Waals surface area contributed by atoms with Crippen LogP contribution >= 0.6 is 0 Å². The van der Waals surface area contributed by atoms with Gasteiger partial charge in [0.1, 0.15) is 5.82 Å². The van der Waals surface area contributed by atoms with Crippen molar-refractivity contribution in [3.63, 3.8) is 0 Å². The fraction of sp³-hybridized carbons (Fsp3) is 0.625. The van der Waals surface area contributed by atoms with Gasteiger partial charge in [0.25, 0.3) is 0 Å². The molecule has 2 aromatic rings. The number of hydrogen-bond acceptors (Lipinski definition) is 6. The molecular weight excluding hydrogens is 290 g/mol. The van der Waals surface area contributed by atoms with Crippen molar-refractivity contribution < 1.29 is 0 Å². The molecule has 0 radical (unpaired) electrons. The standard InChI is InChI=1S/C16H23N7/c1-16(2,3)13-18-14(17)20-15(19-13)22-7-8-23-12(9-22)10-5-4-6-11(10)21-23/h4-9H2,1-3H3,(H2,17,18,19,20). The first-order valence-electron chi connectivity index (χ1n) is 8.26. The number of nitrogens with zero attached hydrogens (tertiary/aromatic N) is 6. The quantitative estimate of drug-likeness (QED) is 0.858. The van der Waals surface area contributed by atoms with Gasteiger partial charge >= 0.3 is 0 Å². The lowest BCUT2D eigenvalue weighted by atomic mass is 9.96. The predicted octanol–water partition coefficient (Wildman–Crippen LogP) is 1.46. The van der Waals surface area contributed by atoms with Crippen molar-refractivity contribution in [3.05, 3.63) is 22.8 Å². The highest BCUT2D eigenvalue weighted by atomic mass is 15.4. The molecule has 7 nitrogen and oxygen atoms in total. The van der Waals surface area contributed by atoms with E-state index >= 15 is 0 Å². The first-order valence-corrected chi connectivity index (χ1v) is 8.26. The van der Waals surface area contributed by atoms with Crippen LogP contribution in [0.15, 0.2) is 0 Å². The zero-order valence-corrected chi connectivity index (χ0v) is 14.0. The summed E-state index contributed by atoms with van der Waals surface area (Å²) >= 11 is 0. The Morgan fingerprint density at radius 1 is 1.04 bits per heavy atom. The molecule has 2 aromatic heterocycles. The summed E-state index contributed by atoms with van der Waals surface area (Å²) in [7, 11) is 0. The van der Waals surface area contributed by atoms with Crippen LogP contribution in [-0.2, 0) is 31.3 Å². The molecule has 1 aliphatic carbocycles. The second-order valence-electron chi connectivity index (χ2n) is 7.44. The maximum atomic E-state index is 5.92. The molecule has 1 aliphatic heterocycles. The van der Waals surface area contributed by atoms with E-state index in [-0.39, 0.29) is 5.41 Å². The molecule has 0 aromatic carbocycles. The summed E-state index contributed by atoms with van der Waals surface area (Å²) in [5, 5.41) is 4.75. The van der Waals surface area contributed by atoms with Crippen LogP contribution in [0.3, 0.4) is 0 Å². The normalized spacial score (nSPS) is 17.3. The van der Waals surface area contributed by atoms with E-state index in [1.165, 1.54) is 23.4 Å². The minimum absolute atomic E-state index is 0.148. The highest BCUT2D eigenvalue weighted by Gasteiger charge is 2.28. The SMILES string of the molecule is CC(C)(C)c1nc(N)nc(N2CCn3nc4c(c3C2)CCC4)n1. The van der Waals surface area contributed by atoms with E-state index in [2.05, 4.69) is 45.3 Å². The van der Waals surface area contributed by atoms with Crippen LogP contribution in [0.5, 0.6) is 0 Å². The van der Waals surface area contributed by atoms with E-state index in [0.29, 0.717) is 11.9 Å². The predicted molar refractivity (Wildman–Crippen MR) is 88.2 cm³/mol. The largest absolute Gasteiger partial charge is 0.368 e. The van der Waals surface area contributed by atoms with Gasteiger partial charge in [-0.1, -0.05) is 20.8 Å². The third-order valence-corrected chi connectivity index (χ3v) is 4.61. The van der Waals surface area contributed by atoms with Gasteiger partial charge in [0.2, 0.25) is 11.9 Å². The Morgan fingerprint density at radius 2 is 1.87 bits per heavy atom. The van der Waals surface area contributed by atoms with E-state index in [9.17, 15) is 0 Å². The zero-order valence-electron chi connectivity index (χ0n) is 14.0. The number of aromatic nitrogens is 5. The maximum Gasteiger partial charge on any atom is 0.230 e. The second kappa shape index (κ2) is 4.91. The van der Waals surface area contributed by atoms with E-state index in [0.717, 1.165) is 38.3 Å². The number of aryl methyl sites for hydroxylation is 1. The molecule has 23 heavy (non-hydrogen) atoms. The monoisotopic (exact) mass is 313 g/mol. The van der Waals surface area contributed by atoms with E-state index in [1.54, 1.807) is 0 Å². The molecule has 0 fully saturated rings. The maximum absolute atomic E-state index is 5.92. The van der Waals surface area contributed by atoms with Crippen molar-refractivity contribution >= 4 is 11.9 Å². The topological polar surface area (TPSA) is 85.8 Å². The highest BCUT2D eigenvalue weighted by Crippen LogP contribution is 2.29. The number of hydrogen-bond donors (Lipinski definition) is 1. The summed E-state index contributed by atoms with van der Waals surface area (Å²) in [5.41, 5.74) is 9.81. The molecule has 0 bridgehead atoms. The van der Waals surface area contributed by atoms with Gasteiger partial charge < -0.3 is 10.6 Å². The van der Waals surface area contributed by atoms with Crippen LogP contribution in [0.1, 0.15) is 50.0 Å². The molecule has 0 saturated heterocycles. The van der Waals surface area contributed by atoms with Crippen LogP contribution < -0.4 is 10.6 Å². The van der Waals surface area contributed by atoms with Crippen molar-refractivity contribution in [2.45, 2.75) is 58.5 Å². The molecule has 0 saturated carbocycles. The summed E-state index contributed by atoms with van der Waals surface area (Å²) in [6.45, 7) is 8.78. The van der Waals surface area contributed by atoms with E-state index < -0.39 is 0 Å². The average Bonchev–Trinajstić information content (AvgIpc) is 3.05. The molecule has 0 amide bonds. The number of rotatable bonds is 1. The van der Waals surface area contributed by atoms with E-state index in [4.69, 9.17) is 10.8 Å². The number of fused-ring (bicyclic) bond motifs is 3. The Hall–Kier alpha value is -2.18. The summed E-state index contributed by atoms with van der Waals surface area (Å²) < 4.78 is 2.16. The number of nitrogens with two attached hydrogens (primary N) is 1. The summed E-state index contributed by atoms with van der Waals surface area (Å²) in [4.78, 5) is 15.5. The molecule has 122 valence electrons. The lowest BCUT2D eigenvalue weighted by molar-refractivity contribution is 0.498. The van der Waals surface area contributed by atoms with Crippen molar-refractivity contribution in [2.24, 2.45) is 0 Å². The first kappa shape index (κ1) is 14.4. The highest BCUT2D eigenvalue weighted by molar-refractivity contribution is 5.40. The Bertz CT molecular complexity index is 757. The average molecular weight is 313 g/mol. The zero-order chi connectivity index (χ0) is 16.2. The third-order valence-electron chi connectivity index (χ3n) is 4.61. The molecule has 4 rings (SSSR count). The van der Waals surface area contributed by atoms with Gasteiger partial charge in [-0.15, -0.1) is 0 Å². The van der Waals surface area contributed by atoms with Crippen molar-refractivity contribution in [3.8, 4) is 0 Å². The molecular formula is C16H23N7. The molecule has 2 N–H and O–H groups in total. The Labute approximate surface area is 135 Å². The van der Waals surface area contributed by atoms with Crippen LogP contribution in [0.4, 0.5) is 11.9 Å². The van der Waals surface area contributed by atoms with Crippen LogP contribution in [-0.4, -0.2) is 31.3 Å². The van der Waals surface area contributed by atoms with E-state index in [1.807, 2.05) is 0 Å². The van der Waals surface area contributed by atoms with Gasteiger partial charge in [-0.05, 0) is 24.8 Å². The fourth-order valence-corrected chi connectivity index (χ4v) is 3.38. The smallest absolute Gasteiger partial charge is 0.230 e. The first-order chi connectivity index (χ1) is 10.9. The minimum atomic E-state index is -0.148. The van der Waals surface area contributed by atoms with Gasteiger partial charge in [0.15, 0.2) is 0 Å². The Balaban J connectivity index is 1.68. The number of anilines is 2. The molecule has 0 atom stereocenters. The van der Waals surface area contributed by atoms with Crippen molar-refractivity contribution in [2.75, 3.05) is 17.2 Å². The molecule has 0 unspecified atom stereocenters. The van der Waals surface area contributed by atoms with Gasteiger partial charge in [0, 0.05) is 12.0 Å². The van der Waals surface area contributed by atoms with Crippen LogP contribution in [0.2, 0.25) is 0 Å². The Kier molecular flexibility index (Phi) is 3.08. The number of nitrogen functional groups attached to an aromatic ring is 1. The molecule has 7 heteroatoms. The molecule has 3 heterocycles. The lowest BCUT2D eigenvalue weighted by Crippen LogP contribution is -2.36. The van der Waals surface area contributed by atoms with Gasteiger partial charge in [-0.25, -0.2) is 0 Å². The second-order valence-corrected chi connectivity index (χ2v) is 7.44. The summed E-state index contributed by atoms with van der Waals surface area (Å²) in [6, 6.07) is 0. The van der Waals surface area contributed by atoms with Crippen LogP contribution in [0.25, 0.3) is 0 Å². The van der Waals surface area contributed by atoms with Gasteiger partial charge in [0.05, 0.1) is 24.5 Å². The van der Waals surface area contributed by atoms with Crippen LogP contribution in [0, 0.1) is 0 Å². The molecule has 2 aliphatic rings. The van der Waals surface area contributed by atoms with Crippen molar-refractivity contribution in [1.29, 1.82) is 0 Å². The third kappa shape index (κ3) is 2.44. The summed E-state index contributed by atoms with van der Waals surface area (Å²) in [6.07, 6.45) is 3.48. The van der Waals surface area contributed by atoms with Crippen molar-refractivity contribution in [1.82, 2.24) is 24.7 Å². The van der Waals surface area contributed by atoms with Gasteiger partial charge in [-0.3, -0.25) is 4.68 Å². The van der Waals surface area contributed by atoms with Gasteiger partial charge in [-0.2, -0.15) is 20.1 Å². The molecule has 0 spiro atoms.